The van der Waals surface area contributed by atoms with Gasteiger partial charge in [-0.15, -0.1) is 0 Å². The zero-order valence-electron chi connectivity index (χ0n) is 20.4. The highest BCUT2D eigenvalue weighted by molar-refractivity contribution is 6.14. The summed E-state index contributed by atoms with van der Waals surface area (Å²) in [5.41, 5.74) is 2.40. The predicted octanol–water partition coefficient (Wildman–Crippen LogP) is 3.45. The number of benzene rings is 2. The Hall–Kier alpha value is -3.79. The number of fused-ring (bicyclic) bond motifs is 2. The second-order valence-electron chi connectivity index (χ2n) is 9.17. The van der Waals surface area contributed by atoms with Crippen LogP contribution in [-0.2, 0) is 7.05 Å². The number of amides is 1. The average Bonchev–Trinajstić information content (AvgIpc) is 3.21. The van der Waals surface area contributed by atoms with Crippen LogP contribution in [0.15, 0.2) is 36.7 Å². The van der Waals surface area contributed by atoms with Gasteiger partial charge in [0.15, 0.2) is 5.82 Å². The van der Waals surface area contributed by atoms with Gasteiger partial charge in [0.2, 0.25) is 0 Å². The summed E-state index contributed by atoms with van der Waals surface area (Å²) >= 11 is 0. The van der Waals surface area contributed by atoms with E-state index < -0.39 is 11.7 Å². The van der Waals surface area contributed by atoms with E-state index in [2.05, 4.69) is 51.1 Å². The molecule has 35 heavy (non-hydrogen) atoms. The zero-order chi connectivity index (χ0) is 24.9. The van der Waals surface area contributed by atoms with Gasteiger partial charge >= 0.3 is 6.01 Å². The molecule has 4 aromatic rings. The fourth-order valence-electron chi connectivity index (χ4n) is 4.73. The number of likely N-dealkylation sites (N-methyl/N-ethyl adjacent to an activating group) is 1. The van der Waals surface area contributed by atoms with Crippen LogP contribution in [-0.4, -0.2) is 69.9 Å². The molecule has 0 spiro atoms. The first-order valence-corrected chi connectivity index (χ1v) is 11.5. The first kappa shape index (κ1) is 23.0. The van der Waals surface area contributed by atoms with Crippen LogP contribution in [0.3, 0.4) is 0 Å². The van der Waals surface area contributed by atoms with Crippen molar-refractivity contribution >= 4 is 39.1 Å². The molecule has 9 nitrogen and oxygen atoms in total. The molecule has 0 bridgehead atoms. The second-order valence-corrected chi connectivity index (χ2v) is 9.17. The number of anilines is 2. The molecule has 10 heteroatoms. The van der Waals surface area contributed by atoms with E-state index in [0.29, 0.717) is 34.2 Å². The minimum absolute atomic E-state index is 0.173. The van der Waals surface area contributed by atoms with Gasteiger partial charge in [0, 0.05) is 66.8 Å². The molecule has 3 heterocycles. The van der Waals surface area contributed by atoms with E-state index in [1.807, 2.05) is 6.07 Å². The maximum Gasteiger partial charge on any atom is 0.316 e. The van der Waals surface area contributed by atoms with E-state index in [-0.39, 0.29) is 11.5 Å². The molecule has 2 aromatic carbocycles. The van der Waals surface area contributed by atoms with Crippen molar-refractivity contribution in [3.63, 3.8) is 0 Å². The predicted molar refractivity (Wildman–Crippen MR) is 134 cm³/mol. The van der Waals surface area contributed by atoms with Crippen LogP contribution in [0, 0.1) is 5.82 Å². The van der Waals surface area contributed by atoms with Crippen molar-refractivity contribution in [2.75, 3.05) is 37.5 Å². The van der Waals surface area contributed by atoms with Crippen molar-refractivity contribution in [1.29, 1.82) is 0 Å². The van der Waals surface area contributed by atoms with Crippen molar-refractivity contribution in [2.45, 2.75) is 25.9 Å². The number of aromatic nitrogens is 4. The zero-order valence-corrected chi connectivity index (χ0v) is 20.4. The maximum absolute atomic E-state index is 14.5. The maximum atomic E-state index is 14.5. The number of rotatable bonds is 4. The fourth-order valence-corrected chi connectivity index (χ4v) is 4.73. The Morgan fingerprint density at radius 3 is 2.60 bits per heavy atom. The van der Waals surface area contributed by atoms with Gasteiger partial charge in [0.05, 0.1) is 18.2 Å². The molecule has 0 unspecified atom stereocenters. The normalized spacial score (nSPS) is 18.9. The quantitative estimate of drug-likeness (QED) is 0.482. The lowest BCUT2D eigenvalue weighted by Crippen LogP contribution is -2.55. The molecule has 1 N–H and O–H groups in total. The van der Waals surface area contributed by atoms with Crippen LogP contribution in [0.1, 0.15) is 24.2 Å². The summed E-state index contributed by atoms with van der Waals surface area (Å²) in [5.74, 6) is -0.897. The van der Waals surface area contributed by atoms with Gasteiger partial charge in [-0.25, -0.2) is 9.37 Å². The average molecular weight is 478 g/mol. The summed E-state index contributed by atoms with van der Waals surface area (Å²) in [5, 5.41) is 8.29. The Bertz CT molecular complexity index is 1420. The first-order valence-electron chi connectivity index (χ1n) is 11.5. The van der Waals surface area contributed by atoms with Crippen LogP contribution < -0.4 is 15.0 Å². The first-order chi connectivity index (χ1) is 16.7. The highest BCUT2D eigenvalue weighted by Crippen LogP contribution is 2.32. The van der Waals surface area contributed by atoms with E-state index in [9.17, 15) is 9.18 Å². The Morgan fingerprint density at radius 1 is 1.14 bits per heavy atom. The monoisotopic (exact) mass is 477 g/mol. The molecule has 0 radical (unpaired) electrons. The standard InChI is InChI=1S/C25H28FN7O2/c1-14-11-33(12-15(2)32(14)4)21-7-6-18(23-19(21)10-27-25(29-23)35-5)24(34)28-17-8-16-13-31(3)30-22(16)20(26)9-17/h6-10,13-15H,11-12H2,1-5H3,(H,28,34)/t14-,15-/m0/s1. The summed E-state index contributed by atoms with van der Waals surface area (Å²) in [6, 6.07) is 7.57. The van der Waals surface area contributed by atoms with Gasteiger partial charge in [-0.2, -0.15) is 10.1 Å². The summed E-state index contributed by atoms with van der Waals surface area (Å²) < 4.78 is 21.3. The molecule has 0 aliphatic carbocycles. The Labute approximate surface area is 202 Å². The summed E-state index contributed by atoms with van der Waals surface area (Å²) in [4.78, 5) is 26.8. The largest absolute Gasteiger partial charge is 0.467 e. The number of methoxy groups -OCH3 is 1. The molecule has 1 fully saturated rings. The van der Waals surface area contributed by atoms with Gasteiger partial charge in [-0.3, -0.25) is 14.4 Å². The molecule has 2 atom stereocenters. The smallest absolute Gasteiger partial charge is 0.316 e. The van der Waals surface area contributed by atoms with E-state index in [4.69, 9.17) is 4.74 Å². The van der Waals surface area contributed by atoms with E-state index in [1.165, 1.54) is 17.9 Å². The summed E-state index contributed by atoms with van der Waals surface area (Å²) in [6.07, 6.45) is 3.40. The number of nitrogens with one attached hydrogen (secondary N) is 1. The third kappa shape index (κ3) is 4.14. The summed E-state index contributed by atoms with van der Waals surface area (Å²) in [7, 11) is 5.35. The minimum Gasteiger partial charge on any atom is -0.467 e. The number of piperazine rings is 1. The van der Waals surface area contributed by atoms with Crippen LogP contribution in [0.5, 0.6) is 6.01 Å². The lowest BCUT2D eigenvalue weighted by Gasteiger charge is -2.43. The number of hydrogen-bond acceptors (Lipinski definition) is 7. The Morgan fingerprint density at radius 2 is 1.89 bits per heavy atom. The molecular weight excluding hydrogens is 449 g/mol. The van der Waals surface area contributed by atoms with Crippen molar-refractivity contribution in [3.05, 3.63) is 48.0 Å². The lowest BCUT2D eigenvalue weighted by molar-refractivity contribution is 0.102. The molecule has 1 amide bonds. The molecule has 182 valence electrons. The van der Waals surface area contributed by atoms with Gasteiger partial charge < -0.3 is 15.0 Å². The minimum atomic E-state index is -0.499. The number of hydrogen-bond donors (Lipinski definition) is 1. The van der Waals surface area contributed by atoms with Gasteiger partial charge in [0.1, 0.15) is 5.52 Å². The van der Waals surface area contributed by atoms with Gasteiger partial charge in [0.25, 0.3) is 5.91 Å². The van der Waals surface area contributed by atoms with Crippen LogP contribution in [0.2, 0.25) is 0 Å². The van der Waals surface area contributed by atoms with Crippen molar-refractivity contribution < 1.29 is 13.9 Å². The number of ether oxygens (including phenoxy) is 1. The Balaban J connectivity index is 1.54. The highest BCUT2D eigenvalue weighted by Gasteiger charge is 2.28. The van der Waals surface area contributed by atoms with Crippen molar-refractivity contribution in [3.8, 4) is 6.01 Å². The third-order valence-electron chi connectivity index (χ3n) is 6.77. The van der Waals surface area contributed by atoms with Crippen molar-refractivity contribution in [1.82, 2.24) is 24.6 Å². The van der Waals surface area contributed by atoms with Crippen LogP contribution >= 0.6 is 0 Å². The number of aryl methyl sites for hydroxylation is 1. The topological polar surface area (TPSA) is 88.4 Å². The molecule has 1 aliphatic rings. The molecular formula is C25H28FN7O2. The van der Waals surface area contributed by atoms with E-state index in [1.54, 1.807) is 31.6 Å². The second kappa shape index (κ2) is 8.77. The lowest BCUT2D eigenvalue weighted by atomic mass is 10.0. The molecule has 0 saturated carbocycles. The fraction of sp³-hybridized carbons (Fsp3) is 0.360. The number of carbonyl (C=O) groups is 1. The van der Waals surface area contributed by atoms with Crippen LogP contribution in [0.25, 0.3) is 21.8 Å². The molecule has 1 aliphatic heterocycles. The highest BCUT2D eigenvalue weighted by atomic mass is 19.1. The number of nitrogens with zero attached hydrogens (tertiary/aromatic N) is 6. The molecule has 5 rings (SSSR count). The van der Waals surface area contributed by atoms with E-state index >= 15 is 0 Å². The van der Waals surface area contributed by atoms with Gasteiger partial charge in [-0.1, -0.05) is 0 Å². The third-order valence-corrected chi connectivity index (χ3v) is 6.77. The number of carbonyl (C=O) groups excluding carboxylic acids is 1. The van der Waals surface area contributed by atoms with Crippen LogP contribution in [0.4, 0.5) is 15.8 Å². The summed E-state index contributed by atoms with van der Waals surface area (Å²) in [6.45, 7) is 6.09. The molecule has 2 aromatic heterocycles. The molecule has 1 saturated heterocycles. The van der Waals surface area contributed by atoms with Gasteiger partial charge in [-0.05, 0) is 45.2 Å². The van der Waals surface area contributed by atoms with Crippen molar-refractivity contribution in [2.24, 2.45) is 7.05 Å². The van der Waals surface area contributed by atoms with E-state index in [0.717, 1.165) is 24.2 Å². The Kier molecular flexibility index (Phi) is 5.76. The number of halogens is 1. The SMILES string of the molecule is COc1ncc2c(N3C[C@H](C)N(C)[C@@H](C)C3)ccc(C(=O)Nc3cc(F)c4nn(C)cc4c3)c2n1.